The van der Waals surface area contributed by atoms with E-state index < -0.39 is 18.0 Å². The van der Waals surface area contributed by atoms with E-state index in [-0.39, 0.29) is 12.4 Å². The van der Waals surface area contributed by atoms with Gasteiger partial charge in [-0.2, -0.15) is 0 Å². The van der Waals surface area contributed by atoms with Crippen LogP contribution in [0.5, 0.6) is 5.75 Å². The molecule has 0 aliphatic rings. The number of amides is 1. The average molecular weight is 393 g/mol. The van der Waals surface area contributed by atoms with Crippen molar-refractivity contribution in [3.63, 3.8) is 0 Å². The lowest BCUT2D eigenvalue weighted by Gasteiger charge is -2.15. The lowest BCUT2D eigenvalue weighted by molar-refractivity contribution is -0.123. The molecular weight excluding hydrogens is 370 g/mol. The Kier molecular flexibility index (Phi) is 6.34. The van der Waals surface area contributed by atoms with Gasteiger partial charge in [-0.3, -0.25) is 4.79 Å². The number of carbonyl (C=O) groups excluding carboxylic acids is 2. The molecule has 1 aromatic heterocycles. The summed E-state index contributed by atoms with van der Waals surface area (Å²) < 4.78 is 16.3. The fourth-order valence-electron chi connectivity index (χ4n) is 2.74. The minimum atomic E-state index is -0.976. The molecule has 0 fully saturated rings. The monoisotopic (exact) mass is 393 g/mol. The average Bonchev–Trinajstić information content (AvgIpc) is 3.19. The van der Waals surface area contributed by atoms with Crippen molar-refractivity contribution in [3.8, 4) is 5.75 Å². The van der Waals surface area contributed by atoms with Gasteiger partial charge in [-0.05, 0) is 56.2 Å². The molecule has 0 saturated carbocycles. The maximum Gasteiger partial charge on any atom is 0.375 e. The molecule has 150 valence electrons. The molecule has 0 radical (unpaired) electrons. The SMILES string of the molecule is Cc1cccc(C)c1NC(=O)[C@H](C)OC(=O)c1ccc(COc2ccccc2)o1. The molecule has 1 heterocycles. The second-order valence-corrected chi connectivity index (χ2v) is 6.67. The van der Waals surface area contributed by atoms with E-state index in [0.717, 1.165) is 16.8 Å². The van der Waals surface area contributed by atoms with E-state index in [2.05, 4.69) is 5.32 Å². The highest BCUT2D eigenvalue weighted by Crippen LogP contribution is 2.20. The first-order chi connectivity index (χ1) is 13.9. The highest BCUT2D eigenvalue weighted by Gasteiger charge is 2.22. The molecule has 6 nitrogen and oxygen atoms in total. The van der Waals surface area contributed by atoms with Crippen molar-refractivity contribution < 1.29 is 23.5 Å². The summed E-state index contributed by atoms with van der Waals surface area (Å²) in [5.41, 5.74) is 2.59. The Morgan fingerprint density at radius 2 is 1.66 bits per heavy atom. The van der Waals surface area contributed by atoms with Crippen LogP contribution in [0.1, 0.15) is 34.4 Å². The number of anilines is 1. The van der Waals surface area contributed by atoms with Crippen molar-refractivity contribution >= 4 is 17.6 Å². The van der Waals surface area contributed by atoms with Crippen LogP contribution >= 0.6 is 0 Å². The van der Waals surface area contributed by atoms with Crippen LogP contribution in [0, 0.1) is 13.8 Å². The van der Waals surface area contributed by atoms with Crippen LogP contribution < -0.4 is 10.1 Å². The Bertz CT molecular complexity index is 973. The molecule has 3 rings (SSSR count). The number of carbonyl (C=O) groups is 2. The number of benzene rings is 2. The Morgan fingerprint density at radius 1 is 0.966 bits per heavy atom. The van der Waals surface area contributed by atoms with Crippen LogP contribution in [0.2, 0.25) is 0 Å². The first-order valence-electron chi connectivity index (χ1n) is 9.28. The van der Waals surface area contributed by atoms with Gasteiger partial charge in [-0.1, -0.05) is 36.4 Å². The van der Waals surface area contributed by atoms with Crippen molar-refractivity contribution in [1.29, 1.82) is 0 Å². The summed E-state index contributed by atoms with van der Waals surface area (Å²) in [5.74, 6) is 0.0803. The largest absolute Gasteiger partial charge is 0.486 e. The van der Waals surface area contributed by atoms with Gasteiger partial charge in [0.05, 0.1) is 0 Å². The quantitative estimate of drug-likeness (QED) is 0.591. The maximum absolute atomic E-state index is 12.4. The number of esters is 1. The van der Waals surface area contributed by atoms with Crippen LogP contribution in [0.4, 0.5) is 5.69 Å². The molecule has 0 aliphatic carbocycles. The number of para-hydroxylation sites is 2. The first kappa shape index (κ1) is 20.2. The number of hydrogen-bond donors (Lipinski definition) is 1. The predicted octanol–water partition coefficient (Wildman–Crippen LogP) is 4.66. The molecular formula is C23H23NO5. The van der Waals surface area contributed by atoms with Crippen LogP contribution in [0.25, 0.3) is 0 Å². The summed E-state index contributed by atoms with van der Waals surface area (Å²) in [7, 11) is 0. The van der Waals surface area contributed by atoms with Gasteiger partial charge < -0.3 is 19.2 Å². The number of rotatable bonds is 7. The summed E-state index contributed by atoms with van der Waals surface area (Å²) in [6.07, 6.45) is -0.976. The third kappa shape index (κ3) is 5.25. The van der Waals surface area contributed by atoms with E-state index in [1.54, 1.807) is 6.07 Å². The molecule has 1 atom stereocenters. The highest BCUT2D eigenvalue weighted by atomic mass is 16.6. The Labute approximate surface area is 169 Å². The smallest absolute Gasteiger partial charge is 0.375 e. The molecule has 0 aliphatic heterocycles. The summed E-state index contributed by atoms with van der Waals surface area (Å²) in [6.45, 7) is 5.51. The van der Waals surface area contributed by atoms with Gasteiger partial charge in [0.1, 0.15) is 18.1 Å². The highest BCUT2D eigenvalue weighted by molar-refractivity contribution is 5.97. The van der Waals surface area contributed by atoms with E-state index >= 15 is 0 Å². The summed E-state index contributed by atoms with van der Waals surface area (Å²) in [4.78, 5) is 24.7. The minimum Gasteiger partial charge on any atom is -0.486 e. The third-order valence-electron chi connectivity index (χ3n) is 4.37. The van der Waals surface area contributed by atoms with E-state index in [9.17, 15) is 9.59 Å². The van der Waals surface area contributed by atoms with Crippen LogP contribution in [-0.4, -0.2) is 18.0 Å². The molecule has 29 heavy (non-hydrogen) atoms. The lowest BCUT2D eigenvalue weighted by atomic mass is 10.1. The number of nitrogens with one attached hydrogen (secondary N) is 1. The van der Waals surface area contributed by atoms with Gasteiger partial charge in [0, 0.05) is 5.69 Å². The van der Waals surface area contributed by atoms with Crippen molar-refractivity contribution in [1.82, 2.24) is 0 Å². The lowest BCUT2D eigenvalue weighted by Crippen LogP contribution is -2.30. The van der Waals surface area contributed by atoms with Gasteiger partial charge in [0.2, 0.25) is 5.76 Å². The third-order valence-corrected chi connectivity index (χ3v) is 4.37. The normalized spacial score (nSPS) is 11.6. The molecule has 2 aromatic carbocycles. The number of aryl methyl sites for hydroxylation is 2. The molecule has 6 heteroatoms. The van der Waals surface area contributed by atoms with Crippen molar-refractivity contribution in [3.05, 3.63) is 83.3 Å². The van der Waals surface area contributed by atoms with Crippen molar-refractivity contribution in [2.75, 3.05) is 5.32 Å². The second-order valence-electron chi connectivity index (χ2n) is 6.67. The van der Waals surface area contributed by atoms with Crippen LogP contribution in [0.3, 0.4) is 0 Å². The zero-order chi connectivity index (χ0) is 20.8. The predicted molar refractivity (Wildman–Crippen MR) is 109 cm³/mol. The molecule has 1 amide bonds. The summed E-state index contributed by atoms with van der Waals surface area (Å²) in [5, 5.41) is 2.81. The molecule has 0 saturated heterocycles. The Hall–Kier alpha value is -3.54. The zero-order valence-electron chi connectivity index (χ0n) is 16.6. The maximum atomic E-state index is 12.4. The second kappa shape index (κ2) is 9.10. The Morgan fingerprint density at radius 3 is 2.34 bits per heavy atom. The summed E-state index contributed by atoms with van der Waals surface area (Å²) in [6, 6.07) is 18.1. The topological polar surface area (TPSA) is 77.8 Å². The van der Waals surface area contributed by atoms with Gasteiger partial charge >= 0.3 is 5.97 Å². The van der Waals surface area contributed by atoms with E-state index in [1.807, 2.05) is 62.4 Å². The van der Waals surface area contributed by atoms with E-state index in [4.69, 9.17) is 13.9 Å². The molecule has 1 N–H and O–H groups in total. The number of ether oxygens (including phenoxy) is 2. The zero-order valence-corrected chi connectivity index (χ0v) is 16.6. The molecule has 0 bridgehead atoms. The first-order valence-corrected chi connectivity index (χ1v) is 9.28. The minimum absolute atomic E-state index is 0.0170. The van der Waals surface area contributed by atoms with Gasteiger partial charge in [0.25, 0.3) is 5.91 Å². The van der Waals surface area contributed by atoms with Crippen molar-refractivity contribution in [2.45, 2.75) is 33.5 Å². The molecule has 0 spiro atoms. The number of furan rings is 1. The summed E-state index contributed by atoms with van der Waals surface area (Å²) >= 11 is 0. The van der Waals surface area contributed by atoms with Crippen molar-refractivity contribution in [2.24, 2.45) is 0 Å². The molecule has 0 unspecified atom stereocenters. The fraction of sp³-hybridized carbons (Fsp3) is 0.217. The van der Waals surface area contributed by atoms with Gasteiger partial charge in [-0.25, -0.2) is 4.79 Å². The Balaban J connectivity index is 1.55. The van der Waals surface area contributed by atoms with Gasteiger partial charge in [-0.15, -0.1) is 0 Å². The molecule has 3 aromatic rings. The van der Waals surface area contributed by atoms with E-state index in [0.29, 0.717) is 11.5 Å². The van der Waals surface area contributed by atoms with Crippen LogP contribution in [-0.2, 0) is 16.1 Å². The standard InChI is InChI=1S/C23H23NO5/c1-15-8-7-9-16(2)21(15)24-22(25)17(3)28-23(26)20-13-12-19(29-20)14-27-18-10-5-4-6-11-18/h4-13,17H,14H2,1-3H3,(H,24,25)/t17-/m0/s1. The number of hydrogen-bond acceptors (Lipinski definition) is 5. The van der Waals surface area contributed by atoms with Gasteiger partial charge in [0.15, 0.2) is 6.10 Å². The fourth-order valence-corrected chi connectivity index (χ4v) is 2.74. The van der Waals surface area contributed by atoms with E-state index in [1.165, 1.54) is 13.0 Å². The van der Waals surface area contributed by atoms with Crippen LogP contribution in [0.15, 0.2) is 65.1 Å².